The van der Waals surface area contributed by atoms with Gasteiger partial charge in [0.2, 0.25) is 0 Å². The molecule has 1 N–H and O–H groups in total. The highest BCUT2D eigenvalue weighted by Crippen LogP contribution is 2.26. The normalized spacial score (nSPS) is 12.0. The maximum Gasteiger partial charge on any atom is 0.338 e. The van der Waals surface area contributed by atoms with Gasteiger partial charge in [-0.25, -0.2) is 13.2 Å². The summed E-state index contributed by atoms with van der Waals surface area (Å²) in [6, 6.07) is 21.8. The topological polar surface area (TPSA) is 92.8 Å². The Morgan fingerprint density at radius 1 is 0.914 bits per heavy atom. The van der Waals surface area contributed by atoms with Crippen molar-refractivity contribution in [1.29, 1.82) is 0 Å². The van der Waals surface area contributed by atoms with Crippen molar-refractivity contribution >= 4 is 33.3 Å². The molecule has 0 aromatic heterocycles. The molecule has 0 aliphatic rings. The molecule has 3 aromatic rings. The van der Waals surface area contributed by atoms with Crippen LogP contribution < -0.4 is 9.62 Å². The van der Waals surface area contributed by atoms with E-state index in [2.05, 4.69) is 19.2 Å². The summed E-state index contributed by atoms with van der Waals surface area (Å²) in [5.74, 6) is -0.890. The molecule has 1 amide bonds. The van der Waals surface area contributed by atoms with E-state index in [1.165, 1.54) is 28.6 Å². The SMILES string of the molecule is CC[C@H](C)c1ccccc1NC(=O)COC(=O)c1ccc(S(=O)(=O)N(CC)c2ccccc2)cc1. The van der Waals surface area contributed by atoms with E-state index in [1.807, 2.05) is 30.3 Å². The fourth-order valence-corrected chi connectivity index (χ4v) is 5.11. The summed E-state index contributed by atoms with van der Waals surface area (Å²) in [5.41, 5.74) is 2.42. The van der Waals surface area contributed by atoms with Crippen LogP contribution in [0.15, 0.2) is 83.8 Å². The first-order chi connectivity index (χ1) is 16.8. The number of hydrogen-bond donors (Lipinski definition) is 1. The molecule has 1 atom stereocenters. The van der Waals surface area contributed by atoms with Crippen LogP contribution in [0.4, 0.5) is 11.4 Å². The first-order valence-corrected chi connectivity index (χ1v) is 13.0. The second-order valence-corrected chi connectivity index (χ2v) is 9.91. The van der Waals surface area contributed by atoms with Gasteiger partial charge in [0.05, 0.1) is 16.1 Å². The molecule has 0 saturated heterocycles. The van der Waals surface area contributed by atoms with Gasteiger partial charge in [-0.1, -0.05) is 50.2 Å². The van der Waals surface area contributed by atoms with E-state index in [4.69, 9.17) is 4.74 Å². The second-order valence-electron chi connectivity index (χ2n) is 8.05. The van der Waals surface area contributed by atoms with Crippen molar-refractivity contribution in [3.63, 3.8) is 0 Å². The van der Waals surface area contributed by atoms with Crippen LogP contribution in [0.25, 0.3) is 0 Å². The van der Waals surface area contributed by atoms with Gasteiger partial charge in [0.25, 0.3) is 15.9 Å². The van der Waals surface area contributed by atoms with E-state index in [-0.39, 0.29) is 22.9 Å². The monoisotopic (exact) mass is 494 g/mol. The lowest BCUT2D eigenvalue weighted by molar-refractivity contribution is -0.119. The van der Waals surface area contributed by atoms with Crippen LogP contribution in [0.1, 0.15) is 49.0 Å². The van der Waals surface area contributed by atoms with Gasteiger partial charge in [-0.2, -0.15) is 0 Å². The molecule has 3 aromatic carbocycles. The summed E-state index contributed by atoms with van der Waals surface area (Å²) in [4.78, 5) is 24.9. The van der Waals surface area contributed by atoms with Crippen molar-refractivity contribution in [3.05, 3.63) is 90.0 Å². The first-order valence-electron chi connectivity index (χ1n) is 11.5. The third-order valence-corrected chi connectivity index (χ3v) is 7.64. The average Bonchev–Trinajstić information content (AvgIpc) is 2.88. The summed E-state index contributed by atoms with van der Waals surface area (Å²) < 4.78 is 32.6. The molecule has 8 heteroatoms. The predicted octanol–water partition coefficient (Wildman–Crippen LogP) is 5.21. The van der Waals surface area contributed by atoms with Gasteiger partial charge in [-0.3, -0.25) is 9.10 Å². The highest BCUT2D eigenvalue weighted by Gasteiger charge is 2.24. The van der Waals surface area contributed by atoms with E-state index in [9.17, 15) is 18.0 Å². The van der Waals surface area contributed by atoms with E-state index in [0.717, 1.165) is 12.0 Å². The zero-order valence-corrected chi connectivity index (χ0v) is 20.9. The number of amides is 1. The Kier molecular flexibility index (Phi) is 8.65. The minimum absolute atomic E-state index is 0.0548. The number of benzene rings is 3. The largest absolute Gasteiger partial charge is 0.452 e. The van der Waals surface area contributed by atoms with Crippen LogP contribution in [0, 0.1) is 0 Å². The van der Waals surface area contributed by atoms with E-state index >= 15 is 0 Å². The van der Waals surface area contributed by atoms with Crippen LogP contribution in [-0.4, -0.2) is 33.4 Å². The Morgan fingerprint density at radius 2 is 1.54 bits per heavy atom. The summed E-state index contributed by atoms with van der Waals surface area (Å²) in [6.45, 7) is 5.71. The number of ether oxygens (including phenoxy) is 1. The number of hydrogen-bond acceptors (Lipinski definition) is 5. The Balaban J connectivity index is 1.64. The van der Waals surface area contributed by atoms with E-state index in [1.54, 1.807) is 31.2 Å². The maximum atomic E-state index is 13.1. The van der Waals surface area contributed by atoms with Gasteiger partial charge >= 0.3 is 5.97 Å². The number of nitrogens with zero attached hydrogens (tertiary/aromatic N) is 1. The lowest BCUT2D eigenvalue weighted by atomic mass is 9.97. The highest BCUT2D eigenvalue weighted by atomic mass is 32.2. The maximum absolute atomic E-state index is 13.1. The number of carbonyl (C=O) groups excluding carboxylic acids is 2. The van der Waals surface area contributed by atoms with Crippen molar-refractivity contribution in [1.82, 2.24) is 0 Å². The summed E-state index contributed by atoms with van der Waals surface area (Å²) in [6.07, 6.45) is 0.926. The number of esters is 1. The molecule has 7 nitrogen and oxygen atoms in total. The molecule has 35 heavy (non-hydrogen) atoms. The Hall–Kier alpha value is -3.65. The molecule has 0 spiro atoms. The standard InChI is InChI=1S/C27H30N2O5S/c1-4-20(3)24-13-9-10-14-25(24)28-26(30)19-34-27(31)21-15-17-23(18-16-21)35(32,33)29(5-2)22-11-7-6-8-12-22/h6-18,20H,4-5,19H2,1-3H3,(H,28,30)/t20-/m0/s1. The smallest absolute Gasteiger partial charge is 0.338 e. The third-order valence-electron chi connectivity index (χ3n) is 5.72. The quantitative estimate of drug-likeness (QED) is 0.391. The van der Waals surface area contributed by atoms with Gasteiger partial charge in [0, 0.05) is 12.2 Å². The molecule has 0 bridgehead atoms. The predicted molar refractivity (Wildman–Crippen MR) is 137 cm³/mol. The zero-order valence-electron chi connectivity index (χ0n) is 20.1. The zero-order chi connectivity index (χ0) is 25.4. The molecule has 0 saturated carbocycles. The highest BCUT2D eigenvalue weighted by molar-refractivity contribution is 7.92. The average molecular weight is 495 g/mol. The van der Waals surface area contributed by atoms with Crippen LogP contribution in [-0.2, 0) is 19.6 Å². The number of nitrogens with one attached hydrogen (secondary N) is 1. The molecule has 0 aliphatic heterocycles. The number of para-hydroxylation sites is 2. The number of rotatable bonds is 10. The van der Waals surface area contributed by atoms with Crippen molar-refractivity contribution in [3.8, 4) is 0 Å². The van der Waals surface area contributed by atoms with E-state index in [0.29, 0.717) is 11.4 Å². The second kappa shape index (κ2) is 11.7. The molecule has 0 fully saturated rings. The summed E-state index contributed by atoms with van der Waals surface area (Å²) in [7, 11) is -3.80. The summed E-state index contributed by atoms with van der Waals surface area (Å²) in [5, 5.41) is 2.80. The van der Waals surface area contributed by atoms with Gasteiger partial charge in [-0.15, -0.1) is 0 Å². The van der Waals surface area contributed by atoms with Crippen LogP contribution >= 0.6 is 0 Å². The number of sulfonamides is 1. The van der Waals surface area contributed by atoms with Gasteiger partial charge in [0.1, 0.15) is 0 Å². The van der Waals surface area contributed by atoms with Crippen molar-refractivity contribution in [2.24, 2.45) is 0 Å². The van der Waals surface area contributed by atoms with E-state index < -0.39 is 28.5 Å². The Morgan fingerprint density at radius 3 is 2.17 bits per heavy atom. The van der Waals surface area contributed by atoms with Crippen LogP contribution in [0.2, 0.25) is 0 Å². The summed E-state index contributed by atoms with van der Waals surface area (Å²) >= 11 is 0. The lowest BCUT2D eigenvalue weighted by Crippen LogP contribution is -2.30. The molecule has 0 aliphatic carbocycles. The van der Waals surface area contributed by atoms with Crippen molar-refractivity contribution in [2.45, 2.75) is 38.0 Å². The van der Waals surface area contributed by atoms with Crippen LogP contribution in [0.5, 0.6) is 0 Å². The van der Waals surface area contributed by atoms with Crippen molar-refractivity contribution < 1.29 is 22.7 Å². The number of anilines is 2. The Labute approximate surface area is 206 Å². The fourth-order valence-electron chi connectivity index (χ4n) is 3.64. The van der Waals surface area contributed by atoms with Gasteiger partial charge < -0.3 is 10.1 Å². The molecule has 0 heterocycles. The molecule has 0 radical (unpaired) electrons. The number of carbonyl (C=O) groups is 2. The third kappa shape index (κ3) is 6.27. The Bertz CT molecular complexity index is 1260. The van der Waals surface area contributed by atoms with Gasteiger partial charge in [0.15, 0.2) is 6.61 Å². The molecule has 0 unspecified atom stereocenters. The first kappa shape index (κ1) is 26.0. The minimum atomic E-state index is -3.80. The molecular weight excluding hydrogens is 464 g/mol. The fraction of sp³-hybridized carbons (Fsp3) is 0.259. The molecular formula is C27H30N2O5S. The van der Waals surface area contributed by atoms with Crippen LogP contribution in [0.3, 0.4) is 0 Å². The molecule has 3 rings (SSSR count). The van der Waals surface area contributed by atoms with Crippen molar-refractivity contribution in [2.75, 3.05) is 22.8 Å². The molecule has 184 valence electrons. The lowest BCUT2D eigenvalue weighted by Gasteiger charge is -2.22. The van der Waals surface area contributed by atoms with Gasteiger partial charge in [-0.05, 0) is 67.3 Å². The minimum Gasteiger partial charge on any atom is -0.452 e.